The van der Waals surface area contributed by atoms with Crippen LogP contribution in [0.1, 0.15) is 42.0 Å². The zero-order valence-corrected chi connectivity index (χ0v) is 20.6. The van der Waals surface area contributed by atoms with Crippen LogP contribution in [0.3, 0.4) is 0 Å². The zero-order valence-electron chi connectivity index (χ0n) is 20.6. The summed E-state index contributed by atoms with van der Waals surface area (Å²) in [5.41, 5.74) is 11.1. The second-order valence-corrected chi connectivity index (χ2v) is 11.2. The molecule has 2 saturated heterocycles. The Morgan fingerprint density at radius 3 is 1.11 bits per heavy atom. The molecule has 4 aromatic rings. The molecule has 2 nitrogen and oxygen atoms in total. The first-order valence-corrected chi connectivity index (χ1v) is 13.4. The van der Waals surface area contributed by atoms with E-state index in [0.717, 1.165) is 26.1 Å². The second-order valence-electron chi connectivity index (χ2n) is 11.2. The van der Waals surface area contributed by atoms with Gasteiger partial charge in [0.05, 0.1) is 25.4 Å². The van der Waals surface area contributed by atoms with Gasteiger partial charge in [0.1, 0.15) is 0 Å². The summed E-state index contributed by atoms with van der Waals surface area (Å²) in [4.78, 5) is 0. The van der Waals surface area contributed by atoms with Crippen molar-refractivity contribution in [2.75, 3.05) is 13.2 Å². The summed E-state index contributed by atoms with van der Waals surface area (Å²) in [6.45, 7) is 4.26. The number of epoxide rings is 2. The van der Waals surface area contributed by atoms with E-state index in [1.807, 2.05) is 0 Å². The summed E-state index contributed by atoms with van der Waals surface area (Å²) < 4.78 is 12.0. The SMILES string of the molecule is CC(C1(CC2CO2)c2ccccc2-c2ccccc21)C1(CC2CO2)c2ccccc2-c2ccccc21. The van der Waals surface area contributed by atoms with E-state index in [9.17, 15) is 0 Å². The first-order chi connectivity index (χ1) is 17.7. The average molecular weight is 471 g/mol. The third kappa shape index (κ3) is 2.69. The van der Waals surface area contributed by atoms with Crippen molar-refractivity contribution < 1.29 is 9.47 Å². The van der Waals surface area contributed by atoms with Gasteiger partial charge in [-0.3, -0.25) is 0 Å². The molecule has 178 valence electrons. The molecular formula is C34H30O2. The minimum Gasteiger partial charge on any atom is -0.373 e. The Balaban J connectivity index is 1.45. The van der Waals surface area contributed by atoms with Crippen LogP contribution < -0.4 is 0 Å². The van der Waals surface area contributed by atoms with E-state index in [1.54, 1.807) is 0 Å². The second kappa shape index (κ2) is 7.41. The van der Waals surface area contributed by atoms with E-state index in [-0.39, 0.29) is 10.8 Å². The fourth-order valence-corrected chi connectivity index (χ4v) is 7.96. The molecule has 2 aliphatic carbocycles. The highest BCUT2D eigenvalue weighted by Gasteiger charge is 2.60. The fraction of sp³-hybridized carbons (Fsp3) is 0.294. The number of fused-ring (bicyclic) bond motifs is 6. The van der Waals surface area contributed by atoms with Crippen LogP contribution >= 0.6 is 0 Å². The highest BCUT2D eigenvalue weighted by molar-refractivity contribution is 5.84. The lowest BCUT2D eigenvalue weighted by Gasteiger charge is -2.49. The van der Waals surface area contributed by atoms with Gasteiger partial charge < -0.3 is 9.47 Å². The summed E-state index contributed by atoms with van der Waals surface area (Å²) in [6.07, 6.45) is 2.65. The largest absolute Gasteiger partial charge is 0.373 e. The molecule has 8 rings (SSSR count). The van der Waals surface area contributed by atoms with Crippen LogP contribution in [0.4, 0.5) is 0 Å². The van der Waals surface area contributed by atoms with E-state index in [1.165, 1.54) is 44.5 Å². The molecule has 2 heterocycles. The maximum atomic E-state index is 5.98. The van der Waals surface area contributed by atoms with Crippen LogP contribution in [-0.4, -0.2) is 25.4 Å². The van der Waals surface area contributed by atoms with Crippen molar-refractivity contribution >= 4 is 0 Å². The lowest BCUT2D eigenvalue weighted by Crippen LogP contribution is -2.48. The van der Waals surface area contributed by atoms with Crippen LogP contribution in [0.2, 0.25) is 0 Å². The topological polar surface area (TPSA) is 25.1 Å². The van der Waals surface area contributed by atoms with Crippen molar-refractivity contribution in [3.05, 3.63) is 119 Å². The number of benzene rings is 4. The number of rotatable bonds is 6. The van der Waals surface area contributed by atoms with Crippen molar-refractivity contribution in [2.45, 2.75) is 42.8 Å². The Hall–Kier alpha value is -3.20. The highest BCUT2D eigenvalue weighted by Crippen LogP contribution is 2.65. The summed E-state index contributed by atoms with van der Waals surface area (Å²) in [7, 11) is 0. The molecule has 4 aromatic carbocycles. The van der Waals surface area contributed by atoms with Gasteiger partial charge in [0, 0.05) is 10.8 Å². The highest BCUT2D eigenvalue weighted by atomic mass is 16.6. The molecule has 0 N–H and O–H groups in total. The Bertz CT molecular complexity index is 1290. The molecule has 4 aliphatic rings. The molecule has 2 aliphatic heterocycles. The summed E-state index contributed by atoms with van der Waals surface area (Å²) in [5, 5.41) is 0. The van der Waals surface area contributed by atoms with Crippen molar-refractivity contribution in [3.63, 3.8) is 0 Å². The number of hydrogen-bond acceptors (Lipinski definition) is 2. The lowest BCUT2D eigenvalue weighted by molar-refractivity contribution is 0.184. The molecule has 2 atom stereocenters. The van der Waals surface area contributed by atoms with E-state index >= 15 is 0 Å². The molecule has 2 fully saturated rings. The molecule has 0 amide bonds. The maximum Gasteiger partial charge on any atom is 0.0821 e. The minimum absolute atomic E-state index is 0.145. The normalized spacial score (nSPS) is 23.8. The van der Waals surface area contributed by atoms with Gasteiger partial charge in [0.2, 0.25) is 0 Å². The van der Waals surface area contributed by atoms with E-state index < -0.39 is 0 Å². The Kier molecular flexibility index (Phi) is 4.31. The molecule has 0 aromatic heterocycles. The number of ether oxygens (including phenoxy) is 2. The fourth-order valence-electron chi connectivity index (χ4n) is 7.96. The Labute approximate surface area is 212 Å². The first kappa shape index (κ1) is 20.9. The van der Waals surface area contributed by atoms with Crippen molar-refractivity contribution in [1.82, 2.24) is 0 Å². The molecule has 36 heavy (non-hydrogen) atoms. The van der Waals surface area contributed by atoms with Crippen LogP contribution in [0.25, 0.3) is 22.3 Å². The smallest absolute Gasteiger partial charge is 0.0821 e. The average Bonchev–Trinajstić information content (AvgIpc) is 3.87. The quantitative estimate of drug-likeness (QED) is 0.280. The van der Waals surface area contributed by atoms with E-state index in [4.69, 9.17) is 9.47 Å². The lowest BCUT2D eigenvalue weighted by atomic mass is 9.53. The van der Waals surface area contributed by atoms with Gasteiger partial charge >= 0.3 is 0 Å². The van der Waals surface area contributed by atoms with Crippen molar-refractivity contribution in [1.29, 1.82) is 0 Å². The molecular weight excluding hydrogens is 440 g/mol. The first-order valence-electron chi connectivity index (χ1n) is 13.4. The van der Waals surface area contributed by atoms with Gasteiger partial charge in [-0.2, -0.15) is 0 Å². The molecule has 0 saturated carbocycles. The maximum absolute atomic E-state index is 5.98. The van der Waals surface area contributed by atoms with Gasteiger partial charge in [-0.1, -0.05) is 104 Å². The van der Waals surface area contributed by atoms with E-state index in [2.05, 4.69) is 104 Å². The van der Waals surface area contributed by atoms with Crippen LogP contribution in [0.5, 0.6) is 0 Å². The van der Waals surface area contributed by atoms with Gasteiger partial charge in [0.25, 0.3) is 0 Å². The summed E-state index contributed by atoms with van der Waals surface area (Å²) >= 11 is 0. The van der Waals surface area contributed by atoms with Gasteiger partial charge in [-0.15, -0.1) is 0 Å². The molecule has 2 heteroatoms. The van der Waals surface area contributed by atoms with Crippen LogP contribution in [0, 0.1) is 5.92 Å². The predicted molar refractivity (Wildman–Crippen MR) is 143 cm³/mol. The molecule has 0 bridgehead atoms. The van der Waals surface area contributed by atoms with Gasteiger partial charge in [-0.05, 0) is 63.3 Å². The molecule has 2 unspecified atom stereocenters. The van der Waals surface area contributed by atoms with Gasteiger partial charge in [0.15, 0.2) is 0 Å². The third-order valence-electron chi connectivity index (χ3n) is 9.59. The predicted octanol–water partition coefficient (Wildman–Crippen LogP) is 7.13. The minimum atomic E-state index is -0.145. The van der Waals surface area contributed by atoms with E-state index in [0.29, 0.717) is 18.1 Å². The van der Waals surface area contributed by atoms with Crippen LogP contribution in [0.15, 0.2) is 97.1 Å². The van der Waals surface area contributed by atoms with Crippen LogP contribution in [-0.2, 0) is 20.3 Å². The van der Waals surface area contributed by atoms with Crippen molar-refractivity contribution in [3.8, 4) is 22.3 Å². The zero-order chi connectivity index (χ0) is 23.9. The standard InChI is InChI=1S/C34H30O2/c1-22(33(18-23-20-35-23)29-14-6-2-10-25(29)26-11-3-7-15-30(26)33)34(19-24-21-36-24)31-16-8-4-12-27(31)28-13-5-9-17-32(28)34/h2-17,22-24H,18-21H2,1H3. The molecule has 0 radical (unpaired) electrons. The summed E-state index contributed by atoms with van der Waals surface area (Å²) in [5.74, 6) is 0.299. The Morgan fingerprint density at radius 1 is 0.556 bits per heavy atom. The Morgan fingerprint density at radius 2 is 0.833 bits per heavy atom. The summed E-state index contributed by atoms with van der Waals surface area (Å²) in [6, 6.07) is 36.5. The third-order valence-corrected chi connectivity index (χ3v) is 9.59. The monoisotopic (exact) mass is 470 g/mol. The number of hydrogen-bond donors (Lipinski definition) is 0. The van der Waals surface area contributed by atoms with Crippen molar-refractivity contribution in [2.24, 2.45) is 5.92 Å². The van der Waals surface area contributed by atoms with Gasteiger partial charge in [-0.25, -0.2) is 0 Å². The molecule has 0 spiro atoms.